The minimum absolute atomic E-state index is 0.153. The Balaban J connectivity index is 2.95. The van der Waals surface area contributed by atoms with Crippen LogP contribution in [-0.4, -0.2) is 40.5 Å². The van der Waals surface area contributed by atoms with Crippen LogP contribution in [0.25, 0.3) is 0 Å². The second-order valence-electron chi connectivity index (χ2n) is 4.48. The number of anilines is 1. The van der Waals surface area contributed by atoms with Crippen molar-refractivity contribution in [1.82, 2.24) is 4.90 Å². The van der Waals surface area contributed by atoms with Crippen molar-refractivity contribution >= 4 is 23.4 Å². The molecule has 0 aromatic heterocycles. The molecule has 11 heteroatoms. The number of nitrogens with zero attached hydrogens (tertiary/aromatic N) is 2. The molecule has 0 saturated carbocycles. The predicted octanol–water partition coefficient (Wildman–Crippen LogP) is 2.55. The fourth-order valence-corrected chi connectivity index (χ4v) is 1.58. The zero-order chi connectivity index (χ0) is 17.8. The maximum Gasteiger partial charge on any atom is 0.423 e. The number of amides is 2. The van der Waals surface area contributed by atoms with Gasteiger partial charge in [0.2, 0.25) is 0 Å². The third kappa shape index (κ3) is 5.13. The first kappa shape index (κ1) is 18.2. The average Bonchev–Trinajstić information content (AvgIpc) is 2.43. The van der Waals surface area contributed by atoms with Crippen LogP contribution in [0, 0.1) is 10.1 Å². The van der Waals surface area contributed by atoms with Crippen LogP contribution in [0.2, 0.25) is 0 Å². The normalized spacial score (nSPS) is 11.0. The summed E-state index contributed by atoms with van der Waals surface area (Å²) >= 11 is 0. The van der Waals surface area contributed by atoms with E-state index in [1.165, 1.54) is 7.05 Å². The highest BCUT2D eigenvalue weighted by Crippen LogP contribution is 2.37. The number of nitrogens with one attached hydrogen (secondary N) is 1. The maximum absolute atomic E-state index is 12.8. The number of urea groups is 1. The molecule has 2 N–H and O–H groups in total. The summed E-state index contributed by atoms with van der Waals surface area (Å²) in [5, 5.41) is 21.2. The van der Waals surface area contributed by atoms with E-state index in [4.69, 9.17) is 5.11 Å². The van der Waals surface area contributed by atoms with Crippen LogP contribution >= 0.6 is 0 Å². The van der Waals surface area contributed by atoms with Crippen LogP contribution < -0.4 is 5.32 Å². The minimum atomic E-state index is -4.96. The first-order valence-electron chi connectivity index (χ1n) is 6.12. The monoisotopic (exact) mass is 335 g/mol. The number of hydrogen-bond donors (Lipinski definition) is 2. The number of carboxylic acids is 1. The summed E-state index contributed by atoms with van der Waals surface area (Å²) in [6, 6.07) is 1.20. The van der Waals surface area contributed by atoms with Gasteiger partial charge in [0.25, 0.3) is 5.69 Å². The van der Waals surface area contributed by atoms with E-state index in [0.29, 0.717) is 12.1 Å². The Kier molecular flexibility index (Phi) is 5.49. The number of aliphatic carboxylic acids is 1. The zero-order valence-electron chi connectivity index (χ0n) is 11.8. The minimum Gasteiger partial charge on any atom is -0.481 e. The summed E-state index contributed by atoms with van der Waals surface area (Å²) in [5.41, 5.74) is -2.92. The molecule has 0 heterocycles. The van der Waals surface area contributed by atoms with Crippen molar-refractivity contribution in [2.45, 2.75) is 12.6 Å². The van der Waals surface area contributed by atoms with Gasteiger partial charge in [-0.3, -0.25) is 14.9 Å². The molecule has 0 radical (unpaired) electrons. The Morgan fingerprint density at radius 1 is 1.39 bits per heavy atom. The van der Waals surface area contributed by atoms with Gasteiger partial charge in [0, 0.05) is 25.3 Å². The molecular formula is C12H12F3N3O5. The third-order valence-corrected chi connectivity index (χ3v) is 2.76. The van der Waals surface area contributed by atoms with E-state index in [1.807, 2.05) is 0 Å². The van der Waals surface area contributed by atoms with Crippen molar-refractivity contribution in [3.8, 4) is 0 Å². The molecule has 2 amide bonds. The van der Waals surface area contributed by atoms with E-state index < -0.39 is 34.4 Å². The molecule has 23 heavy (non-hydrogen) atoms. The Labute approximate surface area is 127 Å². The summed E-state index contributed by atoms with van der Waals surface area (Å²) in [7, 11) is 1.26. The quantitative estimate of drug-likeness (QED) is 0.634. The Bertz CT molecular complexity index is 633. The van der Waals surface area contributed by atoms with Crippen LogP contribution in [0.15, 0.2) is 18.2 Å². The van der Waals surface area contributed by atoms with E-state index in [0.717, 1.165) is 11.0 Å². The number of carbonyl (C=O) groups is 2. The fourth-order valence-electron chi connectivity index (χ4n) is 1.58. The Morgan fingerprint density at radius 3 is 2.48 bits per heavy atom. The Hall–Kier alpha value is -2.85. The first-order valence-corrected chi connectivity index (χ1v) is 6.12. The third-order valence-electron chi connectivity index (χ3n) is 2.76. The average molecular weight is 335 g/mol. The number of halogens is 3. The van der Waals surface area contributed by atoms with Crippen LogP contribution in [0.5, 0.6) is 0 Å². The Morgan fingerprint density at radius 2 is 2.00 bits per heavy atom. The van der Waals surface area contributed by atoms with Gasteiger partial charge >= 0.3 is 18.2 Å². The molecule has 0 unspecified atom stereocenters. The van der Waals surface area contributed by atoms with Gasteiger partial charge < -0.3 is 15.3 Å². The topological polar surface area (TPSA) is 113 Å². The smallest absolute Gasteiger partial charge is 0.423 e. The maximum atomic E-state index is 12.8. The number of carboxylic acid groups (broad SMARTS) is 1. The highest BCUT2D eigenvalue weighted by atomic mass is 19.4. The van der Waals surface area contributed by atoms with Crippen molar-refractivity contribution in [2.24, 2.45) is 0 Å². The molecular weight excluding hydrogens is 323 g/mol. The van der Waals surface area contributed by atoms with E-state index in [-0.39, 0.29) is 18.7 Å². The molecule has 1 aromatic carbocycles. The van der Waals surface area contributed by atoms with Gasteiger partial charge in [0.1, 0.15) is 5.56 Å². The summed E-state index contributed by atoms with van der Waals surface area (Å²) in [4.78, 5) is 32.5. The molecule has 0 bridgehead atoms. The fraction of sp³-hybridized carbons (Fsp3) is 0.333. The number of hydrogen-bond acceptors (Lipinski definition) is 4. The van der Waals surface area contributed by atoms with Gasteiger partial charge in [-0.15, -0.1) is 0 Å². The second-order valence-corrected chi connectivity index (χ2v) is 4.48. The lowest BCUT2D eigenvalue weighted by molar-refractivity contribution is -0.388. The largest absolute Gasteiger partial charge is 0.481 e. The molecule has 0 spiro atoms. The number of benzene rings is 1. The SMILES string of the molecule is CN(CCC(=O)O)C(=O)Nc1ccc([N+](=O)[O-])c(C(F)(F)F)c1. The standard InChI is InChI=1S/C12H12F3N3O5/c1-17(5-4-10(19)20)11(21)16-7-2-3-9(18(22)23)8(6-7)12(13,14)15/h2-3,6H,4-5H2,1H3,(H,16,21)(H,19,20). The number of carbonyl (C=O) groups excluding carboxylic acids is 1. The lowest BCUT2D eigenvalue weighted by Gasteiger charge is -2.17. The van der Waals surface area contributed by atoms with Crippen molar-refractivity contribution in [3.63, 3.8) is 0 Å². The van der Waals surface area contributed by atoms with Crippen molar-refractivity contribution < 1.29 is 32.8 Å². The van der Waals surface area contributed by atoms with Gasteiger partial charge in [0.15, 0.2) is 0 Å². The van der Waals surface area contributed by atoms with Gasteiger partial charge in [-0.2, -0.15) is 13.2 Å². The van der Waals surface area contributed by atoms with E-state index in [1.54, 1.807) is 0 Å². The second kappa shape index (κ2) is 6.94. The summed E-state index contributed by atoms with van der Waals surface area (Å²) in [6.45, 7) is -0.153. The molecule has 1 rings (SSSR count). The lowest BCUT2D eigenvalue weighted by atomic mass is 10.1. The molecule has 0 atom stereocenters. The first-order chi connectivity index (χ1) is 10.5. The van der Waals surface area contributed by atoms with Gasteiger partial charge in [-0.05, 0) is 12.1 Å². The molecule has 8 nitrogen and oxygen atoms in total. The molecule has 0 saturated heterocycles. The van der Waals surface area contributed by atoms with Crippen LogP contribution in [-0.2, 0) is 11.0 Å². The number of nitro benzene ring substituents is 1. The number of alkyl halides is 3. The van der Waals surface area contributed by atoms with Crippen molar-refractivity contribution in [3.05, 3.63) is 33.9 Å². The van der Waals surface area contributed by atoms with Gasteiger partial charge in [-0.1, -0.05) is 0 Å². The number of rotatable bonds is 5. The molecule has 0 aliphatic carbocycles. The van der Waals surface area contributed by atoms with Crippen LogP contribution in [0.1, 0.15) is 12.0 Å². The van der Waals surface area contributed by atoms with Gasteiger partial charge in [0.05, 0.1) is 11.3 Å². The molecule has 0 aliphatic rings. The molecule has 0 fully saturated rings. The highest BCUT2D eigenvalue weighted by molar-refractivity contribution is 5.89. The zero-order valence-corrected chi connectivity index (χ0v) is 11.8. The van der Waals surface area contributed by atoms with E-state index >= 15 is 0 Å². The molecule has 0 aliphatic heterocycles. The summed E-state index contributed by atoms with van der Waals surface area (Å²) in [5.74, 6) is -1.14. The van der Waals surface area contributed by atoms with E-state index in [2.05, 4.69) is 5.32 Å². The molecule has 1 aromatic rings. The molecule has 126 valence electrons. The lowest BCUT2D eigenvalue weighted by Crippen LogP contribution is -2.33. The number of nitro groups is 1. The van der Waals surface area contributed by atoms with Gasteiger partial charge in [-0.25, -0.2) is 4.79 Å². The van der Waals surface area contributed by atoms with Crippen LogP contribution in [0.3, 0.4) is 0 Å². The van der Waals surface area contributed by atoms with Crippen molar-refractivity contribution in [2.75, 3.05) is 18.9 Å². The van der Waals surface area contributed by atoms with E-state index in [9.17, 15) is 32.9 Å². The van der Waals surface area contributed by atoms with Crippen molar-refractivity contribution in [1.29, 1.82) is 0 Å². The summed E-state index contributed by atoms with van der Waals surface area (Å²) < 4.78 is 38.4. The van der Waals surface area contributed by atoms with Crippen LogP contribution in [0.4, 0.5) is 29.3 Å². The highest BCUT2D eigenvalue weighted by Gasteiger charge is 2.38. The summed E-state index contributed by atoms with van der Waals surface area (Å²) in [6.07, 6.45) is -5.30. The predicted molar refractivity (Wildman–Crippen MR) is 72.0 cm³/mol.